The molecule has 18 heavy (non-hydrogen) atoms. The van der Waals surface area contributed by atoms with Crippen LogP contribution in [0.4, 0.5) is 17.6 Å². The summed E-state index contributed by atoms with van der Waals surface area (Å²) in [7, 11) is 0. The van der Waals surface area contributed by atoms with E-state index in [2.05, 4.69) is 12.6 Å². The van der Waals surface area contributed by atoms with Gasteiger partial charge in [-0.15, -0.1) is 12.6 Å². The fourth-order valence-corrected chi connectivity index (χ4v) is 1.46. The molecule has 0 aliphatic heterocycles. The molecule has 1 N–H and O–H groups in total. The number of nitrogens with one attached hydrogen (secondary N) is 1. The van der Waals surface area contributed by atoms with Crippen molar-refractivity contribution in [3.63, 3.8) is 0 Å². The van der Waals surface area contributed by atoms with Crippen molar-refractivity contribution in [2.45, 2.75) is 17.2 Å². The molecule has 0 bridgehead atoms. The van der Waals surface area contributed by atoms with E-state index in [1.165, 1.54) is 18.2 Å². The van der Waals surface area contributed by atoms with Crippen LogP contribution in [0.25, 0.3) is 0 Å². The number of rotatable bonds is 4. The Morgan fingerprint density at radius 1 is 1.44 bits per heavy atom. The number of carbonyl (C=O) groups is 1. The van der Waals surface area contributed by atoms with E-state index >= 15 is 0 Å². The van der Waals surface area contributed by atoms with Crippen LogP contribution >= 0.6 is 24.2 Å². The van der Waals surface area contributed by atoms with E-state index in [0.717, 1.165) is 0 Å². The zero-order chi connectivity index (χ0) is 13.9. The van der Waals surface area contributed by atoms with Crippen LogP contribution in [0.5, 0.6) is 0 Å². The van der Waals surface area contributed by atoms with Gasteiger partial charge < -0.3 is 5.32 Å². The lowest BCUT2D eigenvalue weighted by Crippen LogP contribution is -2.41. The van der Waals surface area contributed by atoms with Gasteiger partial charge >= 0.3 is 12.3 Å². The molecule has 1 aromatic rings. The molecule has 0 saturated heterocycles. The molecular formula is C10H8ClF4NOS. The van der Waals surface area contributed by atoms with E-state index in [1.807, 2.05) is 0 Å². The lowest BCUT2D eigenvalue weighted by Gasteiger charge is -2.16. The first-order valence-electron chi connectivity index (χ1n) is 4.66. The van der Waals surface area contributed by atoms with Gasteiger partial charge in [-0.2, -0.15) is 8.78 Å². The number of hydrogen-bond acceptors (Lipinski definition) is 2. The molecule has 0 atom stereocenters. The molecule has 0 radical (unpaired) electrons. The van der Waals surface area contributed by atoms with Gasteiger partial charge in [0.25, 0.3) is 5.91 Å². The van der Waals surface area contributed by atoms with Crippen molar-refractivity contribution in [3.05, 3.63) is 28.8 Å². The van der Waals surface area contributed by atoms with Crippen LogP contribution in [0, 0.1) is 0 Å². The fourth-order valence-electron chi connectivity index (χ4n) is 1.06. The Morgan fingerprint density at radius 3 is 2.61 bits per heavy atom. The molecular weight excluding hydrogens is 294 g/mol. The highest BCUT2D eigenvalue weighted by Crippen LogP contribution is 2.23. The molecule has 1 amide bonds. The van der Waals surface area contributed by atoms with Crippen molar-refractivity contribution in [2.75, 3.05) is 6.54 Å². The molecule has 0 saturated carbocycles. The van der Waals surface area contributed by atoms with Gasteiger partial charge in [-0.1, -0.05) is 11.6 Å². The van der Waals surface area contributed by atoms with E-state index in [-0.39, 0.29) is 10.6 Å². The molecule has 2 nitrogen and oxygen atoms in total. The standard InChI is InChI=1S/C10H8ClF4NOS/c11-7-2-1-5(18)3-6(7)8(17)16-4-10(14,15)9(12)13/h1-3,9,18H,4H2,(H,16,17). The average Bonchev–Trinajstić information content (AvgIpc) is 2.29. The first kappa shape index (κ1) is 15.1. The van der Waals surface area contributed by atoms with Crippen LogP contribution in [0.2, 0.25) is 5.02 Å². The molecule has 0 aliphatic carbocycles. The van der Waals surface area contributed by atoms with Gasteiger partial charge in [0.15, 0.2) is 0 Å². The summed E-state index contributed by atoms with van der Waals surface area (Å²) < 4.78 is 48.9. The number of benzene rings is 1. The van der Waals surface area contributed by atoms with Gasteiger partial charge in [0.05, 0.1) is 17.1 Å². The quantitative estimate of drug-likeness (QED) is 0.649. The molecule has 0 fully saturated rings. The number of amides is 1. The summed E-state index contributed by atoms with van der Waals surface area (Å²) in [5.74, 6) is -5.24. The highest BCUT2D eigenvalue weighted by atomic mass is 35.5. The van der Waals surface area contributed by atoms with Crippen LogP contribution in [0.1, 0.15) is 10.4 Å². The van der Waals surface area contributed by atoms with Crippen molar-refractivity contribution in [1.29, 1.82) is 0 Å². The summed E-state index contributed by atoms with van der Waals surface area (Å²) in [5, 5.41) is 1.72. The third kappa shape index (κ3) is 3.78. The maximum Gasteiger partial charge on any atom is 0.324 e. The largest absolute Gasteiger partial charge is 0.346 e. The molecule has 100 valence electrons. The van der Waals surface area contributed by atoms with Gasteiger partial charge in [-0.25, -0.2) is 8.78 Å². The summed E-state index contributed by atoms with van der Waals surface area (Å²) in [6.45, 7) is -1.46. The minimum Gasteiger partial charge on any atom is -0.346 e. The Balaban J connectivity index is 2.75. The Labute approximate surface area is 111 Å². The molecule has 0 aliphatic rings. The Morgan fingerprint density at radius 2 is 2.06 bits per heavy atom. The number of halogens is 5. The highest BCUT2D eigenvalue weighted by molar-refractivity contribution is 7.80. The minimum atomic E-state index is -4.28. The second-order valence-corrected chi connectivity index (χ2v) is 4.33. The smallest absolute Gasteiger partial charge is 0.324 e. The third-order valence-electron chi connectivity index (χ3n) is 2.00. The Bertz CT molecular complexity index is 456. The van der Waals surface area contributed by atoms with Crippen LogP contribution in [0.3, 0.4) is 0 Å². The zero-order valence-corrected chi connectivity index (χ0v) is 10.4. The van der Waals surface area contributed by atoms with E-state index < -0.39 is 24.8 Å². The van der Waals surface area contributed by atoms with Crippen molar-refractivity contribution in [1.82, 2.24) is 5.32 Å². The number of carbonyl (C=O) groups excluding carboxylic acids is 1. The van der Waals surface area contributed by atoms with Gasteiger partial charge in [-0.3, -0.25) is 4.79 Å². The van der Waals surface area contributed by atoms with Crippen LogP contribution in [-0.2, 0) is 0 Å². The molecule has 0 heterocycles. The Hall–Kier alpha value is -0.950. The predicted octanol–water partition coefficient (Wildman–Crippen LogP) is 3.26. The lowest BCUT2D eigenvalue weighted by molar-refractivity contribution is -0.123. The van der Waals surface area contributed by atoms with Gasteiger partial charge in [0, 0.05) is 4.90 Å². The Kier molecular flexibility index (Phi) is 4.86. The van der Waals surface area contributed by atoms with Crippen LogP contribution < -0.4 is 5.32 Å². The third-order valence-corrected chi connectivity index (χ3v) is 2.61. The van der Waals surface area contributed by atoms with Crippen molar-refractivity contribution in [3.8, 4) is 0 Å². The predicted molar refractivity (Wildman–Crippen MR) is 62.0 cm³/mol. The number of alkyl halides is 4. The van der Waals surface area contributed by atoms with Gasteiger partial charge in [0.1, 0.15) is 0 Å². The molecule has 0 aromatic heterocycles. The maximum atomic E-state index is 12.6. The van der Waals surface area contributed by atoms with E-state index in [1.54, 1.807) is 5.32 Å². The topological polar surface area (TPSA) is 29.1 Å². The molecule has 0 unspecified atom stereocenters. The first-order chi connectivity index (χ1) is 8.24. The monoisotopic (exact) mass is 301 g/mol. The van der Waals surface area contributed by atoms with Gasteiger partial charge in [0.2, 0.25) is 0 Å². The van der Waals surface area contributed by atoms with E-state index in [9.17, 15) is 22.4 Å². The summed E-state index contributed by atoms with van der Waals surface area (Å²) in [6.07, 6.45) is -3.84. The number of thiol groups is 1. The van der Waals surface area contributed by atoms with Crippen LogP contribution in [-0.4, -0.2) is 24.8 Å². The highest BCUT2D eigenvalue weighted by Gasteiger charge is 2.40. The lowest BCUT2D eigenvalue weighted by atomic mass is 10.2. The molecule has 1 rings (SSSR count). The van der Waals surface area contributed by atoms with Crippen molar-refractivity contribution in [2.24, 2.45) is 0 Å². The fraction of sp³-hybridized carbons (Fsp3) is 0.300. The first-order valence-corrected chi connectivity index (χ1v) is 5.49. The van der Waals surface area contributed by atoms with E-state index in [4.69, 9.17) is 11.6 Å². The zero-order valence-electron chi connectivity index (χ0n) is 8.76. The summed E-state index contributed by atoms with van der Waals surface area (Å²) in [6, 6.07) is 4.10. The number of hydrogen-bond donors (Lipinski definition) is 2. The van der Waals surface area contributed by atoms with Crippen molar-refractivity contribution >= 4 is 30.1 Å². The molecule has 8 heteroatoms. The van der Waals surface area contributed by atoms with Crippen LogP contribution in [0.15, 0.2) is 23.1 Å². The summed E-state index contributed by atoms with van der Waals surface area (Å²) in [4.78, 5) is 11.9. The second kappa shape index (κ2) is 5.79. The second-order valence-electron chi connectivity index (χ2n) is 3.41. The van der Waals surface area contributed by atoms with Gasteiger partial charge in [-0.05, 0) is 18.2 Å². The average molecular weight is 302 g/mol. The van der Waals surface area contributed by atoms with E-state index in [0.29, 0.717) is 4.90 Å². The normalized spacial score (nSPS) is 11.7. The molecule has 1 aromatic carbocycles. The minimum absolute atomic E-state index is 0.0191. The van der Waals surface area contributed by atoms with Crippen molar-refractivity contribution < 1.29 is 22.4 Å². The maximum absolute atomic E-state index is 12.6. The summed E-state index contributed by atoms with van der Waals surface area (Å²) in [5.41, 5.74) is -0.103. The summed E-state index contributed by atoms with van der Waals surface area (Å²) >= 11 is 9.62. The molecule has 0 spiro atoms. The SMILES string of the molecule is O=C(NCC(F)(F)C(F)F)c1cc(S)ccc1Cl.